The fourth-order valence-corrected chi connectivity index (χ4v) is 4.92. The van der Waals surface area contributed by atoms with Crippen molar-refractivity contribution in [2.24, 2.45) is 0 Å². The van der Waals surface area contributed by atoms with Gasteiger partial charge in [-0.3, -0.25) is 5.32 Å². The van der Waals surface area contributed by atoms with E-state index < -0.39 is 11.3 Å². The van der Waals surface area contributed by atoms with E-state index in [0.29, 0.717) is 6.61 Å². The monoisotopic (exact) mass is 397 g/mol. The molecular formula is C27H27NO2. The summed E-state index contributed by atoms with van der Waals surface area (Å²) in [5.41, 5.74) is 5.74. The second kappa shape index (κ2) is 7.21. The van der Waals surface area contributed by atoms with Crippen molar-refractivity contribution in [1.82, 2.24) is 5.32 Å². The van der Waals surface area contributed by atoms with Gasteiger partial charge in [0.25, 0.3) is 0 Å². The Morgan fingerprint density at radius 2 is 1.43 bits per heavy atom. The van der Waals surface area contributed by atoms with E-state index in [1.165, 1.54) is 27.8 Å². The van der Waals surface area contributed by atoms with Crippen LogP contribution < -0.4 is 5.32 Å². The van der Waals surface area contributed by atoms with Gasteiger partial charge in [0.05, 0.1) is 24.3 Å². The lowest BCUT2D eigenvalue weighted by Gasteiger charge is -2.45. The first-order valence-electron chi connectivity index (χ1n) is 10.5. The molecule has 0 spiro atoms. The molecule has 0 radical (unpaired) electrons. The van der Waals surface area contributed by atoms with Crippen LogP contribution in [0.5, 0.6) is 0 Å². The number of rotatable bonds is 4. The largest absolute Gasteiger partial charge is 0.349 e. The Kier molecular flexibility index (Phi) is 4.62. The first kappa shape index (κ1) is 19.3. The quantitative estimate of drug-likeness (QED) is 0.610. The van der Waals surface area contributed by atoms with Gasteiger partial charge >= 0.3 is 0 Å². The lowest BCUT2D eigenvalue weighted by molar-refractivity contribution is -0.273. The highest BCUT2D eigenvalue weighted by Crippen LogP contribution is 2.51. The van der Waals surface area contributed by atoms with E-state index in [9.17, 15) is 0 Å². The number of hydrogen-bond acceptors (Lipinski definition) is 3. The van der Waals surface area contributed by atoms with E-state index in [1.54, 1.807) is 0 Å². The number of ether oxygens (including phenoxy) is 2. The number of benzene rings is 3. The predicted octanol–water partition coefficient (Wildman–Crippen LogP) is 5.25. The van der Waals surface area contributed by atoms with Gasteiger partial charge in [-0.1, -0.05) is 84.9 Å². The molecule has 0 bridgehead atoms. The first-order chi connectivity index (χ1) is 14.5. The third-order valence-electron chi connectivity index (χ3n) is 6.22. The topological polar surface area (TPSA) is 30.5 Å². The van der Waals surface area contributed by atoms with Crippen molar-refractivity contribution < 1.29 is 9.47 Å². The maximum Gasteiger partial charge on any atom is 0.163 e. The van der Waals surface area contributed by atoms with Crippen LogP contribution >= 0.6 is 0 Å². The molecule has 1 heterocycles. The maximum atomic E-state index is 6.20. The van der Waals surface area contributed by atoms with Crippen LogP contribution in [0.2, 0.25) is 0 Å². The SMILES string of the molecule is C=C[C@H]1OC(C)(C)OC[C@@H]1NC1(c2ccccc2)c2ccccc2-c2ccccc21. The lowest BCUT2D eigenvalue weighted by atomic mass is 9.79. The molecule has 2 aliphatic rings. The van der Waals surface area contributed by atoms with Crippen LogP contribution in [0.3, 0.4) is 0 Å². The van der Waals surface area contributed by atoms with Gasteiger partial charge < -0.3 is 9.47 Å². The number of fused-ring (bicyclic) bond motifs is 3. The second-order valence-corrected chi connectivity index (χ2v) is 8.49. The number of nitrogens with one attached hydrogen (secondary N) is 1. The highest BCUT2D eigenvalue weighted by atomic mass is 16.7. The lowest BCUT2D eigenvalue weighted by Crippen LogP contribution is -2.59. The molecule has 3 heteroatoms. The zero-order chi connectivity index (χ0) is 20.8. The summed E-state index contributed by atoms with van der Waals surface area (Å²) >= 11 is 0. The average molecular weight is 398 g/mol. The summed E-state index contributed by atoms with van der Waals surface area (Å²) in [4.78, 5) is 0. The minimum atomic E-state index is -0.623. The molecule has 0 saturated carbocycles. The van der Waals surface area contributed by atoms with Crippen molar-refractivity contribution in [3.8, 4) is 11.1 Å². The highest BCUT2D eigenvalue weighted by Gasteiger charge is 2.48. The summed E-state index contributed by atoms with van der Waals surface area (Å²) in [5, 5.41) is 3.98. The van der Waals surface area contributed by atoms with E-state index in [4.69, 9.17) is 9.47 Å². The molecule has 1 N–H and O–H groups in total. The van der Waals surface area contributed by atoms with Crippen LogP contribution in [0.15, 0.2) is 91.5 Å². The minimum Gasteiger partial charge on any atom is -0.349 e. The van der Waals surface area contributed by atoms with Gasteiger partial charge in [-0.05, 0) is 41.7 Å². The highest BCUT2D eigenvalue weighted by molar-refractivity contribution is 5.83. The normalized spacial score (nSPS) is 23.4. The van der Waals surface area contributed by atoms with E-state index in [0.717, 1.165) is 0 Å². The molecule has 1 saturated heterocycles. The van der Waals surface area contributed by atoms with Gasteiger partial charge in [0.2, 0.25) is 0 Å². The molecule has 1 aliphatic carbocycles. The molecule has 1 aliphatic heterocycles. The predicted molar refractivity (Wildman–Crippen MR) is 120 cm³/mol. The summed E-state index contributed by atoms with van der Waals surface area (Å²) in [6, 6.07) is 27.9. The molecule has 3 aromatic rings. The Balaban J connectivity index is 1.70. The van der Waals surface area contributed by atoms with Crippen molar-refractivity contribution in [2.75, 3.05) is 6.61 Å². The molecular weight excluding hydrogens is 370 g/mol. The van der Waals surface area contributed by atoms with Crippen LogP contribution in [0.4, 0.5) is 0 Å². The minimum absolute atomic E-state index is 0.0463. The van der Waals surface area contributed by atoms with Crippen LogP contribution in [0, 0.1) is 0 Å². The summed E-state index contributed by atoms with van der Waals surface area (Å²) in [6.45, 7) is 8.48. The Morgan fingerprint density at radius 3 is 2.03 bits per heavy atom. The van der Waals surface area contributed by atoms with Crippen molar-refractivity contribution in [1.29, 1.82) is 0 Å². The first-order valence-corrected chi connectivity index (χ1v) is 10.5. The molecule has 5 rings (SSSR count). The van der Waals surface area contributed by atoms with E-state index >= 15 is 0 Å². The van der Waals surface area contributed by atoms with Gasteiger partial charge in [-0.15, -0.1) is 6.58 Å². The Morgan fingerprint density at radius 1 is 0.867 bits per heavy atom. The van der Waals surface area contributed by atoms with Gasteiger partial charge in [0, 0.05) is 0 Å². The van der Waals surface area contributed by atoms with Gasteiger partial charge in [-0.2, -0.15) is 0 Å². The van der Waals surface area contributed by atoms with E-state index in [-0.39, 0.29) is 12.1 Å². The molecule has 0 aromatic heterocycles. The molecule has 152 valence electrons. The smallest absolute Gasteiger partial charge is 0.163 e. The van der Waals surface area contributed by atoms with Crippen LogP contribution in [0.25, 0.3) is 11.1 Å². The third-order valence-corrected chi connectivity index (χ3v) is 6.22. The third kappa shape index (κ3) is 2.93. The zero-order valence-electron chi connectivity index (χ0n) is 17.5. The average Bonchev–Trinajstić information content (AvgIpc) is 3.06. The fourth-order valence-electron chi connectivity index (χ4n) is 4.92. The van der Waals surface area contributed by atoms with Crippen molar-refractivity contribution >= 4 is 0 Å². The van der Waals surface area contributed by atoms with E-state index in [2.05, 4.69) is 90.8 Å². The van der Waals surface area contributed by atoms with Crippen molar-refractivity contribution in [3.05, 3.63) is 108 Å². The Hall–Kier alpha value is -2.72. The molecule has 1 fully saturated rings. The maximum absolute atomic E-state index is 6.20. The molecule has 30 heavy (non-hydrogen) atoms. The Bertz CT molecular complexity index is 1030. The zero-order valence-corrected chi connectivity index (χ0v) is 17.5. The standard InChI is InChI=1S/C27H27NO2/c1-4-25-24(18-29-26(2,3)30-25)28-27(19-12-6-5-7-13-19)22-16-10-8-14-20(22)21-15-9-11-17-23(21)27/h4-17,24-25,28H,1,18H2,2-3H3/t24-,25+/m0/s1. The molecule has 3 aromatic carbocycles. The number of hydrogen-bond donors (Lipinski definition) is 1. The second-order valence-electron chi connectivity index (χ2n) is 8.49. The van der Waals surface area contributed by atoms with Crippen LogP contribution in [-0.2, 0) is 15.0 Å². The van der Waals surface area contributed by atoms with Gasteiger partial charge in [-0.25, -0.2) is 0 Å². The molecule has 3 nitrogen and oxygen atoms in total. The summed E-state index contributed by atoms with van der Waals surface area (Å²) in [5.74, 6) is -0.623. The molecule has 0 unspecified atom stereocenters. The summed E-state index contributed by atoms with van der Waals surface area (Å²) < 4.78 is 12.2. The van der Waals surface area contributed by atoms with Gasteiger partial charge in [0.1, 0.15) is 0 Å². The van der Waals surface area contributed by atoms with Crippen molar-refractivity contribution in [2.45, 2.75) is 37.3 Å². The summed E-state index contributed by atoms with van der Waals surface area (Å²) in [7, 11) is 0. The molecule has 0 amide bonds. The van der Waals surface area contributed by atoms with Crippen LogP contribution in [0.1, 0.15) is 30.5 Å². The molecule has 2 atom stereocenters. The fraction of sp³-hybridized carbons (Fsp3) is 0.259. The summed E-state index contributed by atoms with van der Waals surface area (Å²) in [6.07, 6.45) is 1.72. The Labute approximate surface area is 178 Å². The van der Waals surface area contributed by atoms with Crippen LogP contribution in [-0.4, -0.2) is 24.5 Å². The van der Waals surface area contributed by atoms with Gasteiger partial charge in [0.15, 0.2) is 5.79 Å². The van der Waals surface area contributed by atoms with E-state index in [1.807, 2.05) is 19.9 Å². The van der Waals surface area contributed by atoms with Crippen molar-refractivity contribution in [3.63, 3.8) is 0 Å².